The number of aryl methyl sites for hydroxylation is 1. The Morgan fingerprint density at radius 2 is 1.90 bits per heavy atom. The lowest BCUT2D eigenvalue weighted by atomic mass is 10.1. The van der Waals surface area contributed by atoms with E-state index < -0.39 is 33.8 Å². The van der Waals surface area contributed by atoms with Gasteiger partial charge in [0.25, 0.3) is 5.91 Å². The molecule has 0 bridgehead atoms. The fraction of sp³-hybridized carbons (Fsp3) is 0.300. The molecule has 0 radical (unpaired) electrons. The highest BCUT2D eigenvalue weighted by Crippen LogP contribution is 2.21. The molecular weight excluding hydrogens is 315 g/mol. The third-order valence-electron chi connectivity index (χ3n) is 2.27. The lowest BCUT2D eigenvalue weighted by molar-refractivity contribution is -0.120. The van der Waals surface area contributed by atoms with Gasteiger partial charge in [-0.3, -0.25) is 14.6 Å². The number of hydrogen-bond donors (Lipinski definition) is 2. The zero-order valence-corrected chi connectivity index (χ0v) is 11.2. The monoisotopic (exact) mass is 325 g/mol. The van der Waals surface area contributed by atoms with Crippen molar-refractivity contribution >= 4 is 21.8 Å². The van der Waals surface area contributed by atoms with E-state index in [2.05, 4.69) is 4.98 Å². The van der Waals surface area contributed by atoms with Crippen LogP contribution in [0.3, 0.4) is 0 Å². The van der Waals surface area contributed by atoms with E-state index in [9.17, 15) is 31.2 Å². The molecule has 0 aliphatic rings. The van der Waals surface area contributed by atoms with Crippen molar-refractivity contribution in [2.45, 2.75) is 18.3 Å². The van der Waals surface area contributed by atoms with Gasteiger partial charge in [0.1, 0.15) is 5.69 Å². The first kappa shape index (κ1) is 16.9. The largest absolute Gasteiger partial charge is 0.516 e. The fourth-order valence-electron chi connectivity index (χ4n) is 1.23. The number of hydrogen-bond acceptors (Lipinski definition) is 5. The number of alkyl halides is 3. The molecule has 1 rings (SSSR count). The Balaban J connectivity index is 2.60. The number of nitrogens with two attached hydrogens (primary N) is 1. The highest BCUT2D eigenvalue weighted by molar-refractivity contribution is 7.90. The van der Waals surface area contributed by atoms with Gasteiger partial charge in [0, 0.05) is 12.6 Å². The lowest BCUT2D eigenvalue weighted by Gasteiger charge is -2.09. The van der Waals surface area contributed by atoms with Crippen molar-refractivity contribution in [3.05, 3.63) is 29.6 Å². The van der Waals surface area contributed by atoms with Gasteiger partial charge in [-0.1, -0.05) is 6.07 Å². The molecule has 0 aromatic carbocycles. The van der Waals surface area contributed by atoms with Crippen LogP contribution in [-0.2, 0) is 21.2 Å². The summed E-state index contributed by atoms with van der Waals surface area (Å²) in [6.45, 7) is 0. The number of halogens is 3. The molecule has 0 spiro atoms. The smallest absolute Gasteiger partial charge is 0.364 e. The molecule has 0 aliphatic carbocycles. The summed E-state index contributed by atoms with van der Waals surface area (Å²) in [5, 5.41) is 0. The van der Waals surface area contributed by atoms with Crippen LogP contribution in [-0.4, -0.2) is 30.7 Å². The van der Waals surface area contributed by atoms with Crippen molar-refractivity contribution in [3.8, 4) is 0 Å². The van der Waals surface area contributed by atoms with Gasteiger partial charge in [-0.15, -0.1) is 0 Å². The van der Waals surface area contributed by atoms with Crippen LogP contribution >= 0.6 is 0 Å². The van der Waals surface area contributed by atoms with Crippen LogP contribution in [0.25, 0.3) is 0 Å². The number of carbonyl (C=O) groups excluding carboxylic acids is 2. The fourth-order valence-corrected chi connectivity index (χ4v) is 1.75. The number of primary amides is 1. The minimum absolute atomic E-state index is 0.0112. The van der Waals surface area contributed by atoms with Gasteiger partial charge in [0.2, 0.25) is 5.91 Å². The molecule has 2 amide bonds. The standard InChI is InChI=1S/C10H10F3N3O4S/c11-10(12,13)21(19,20)16-8(17)4-2-6-1-3-7(9(14)18)15-5-6/h1,3,5H,2,4H2,(H2,14,18)(H,16,17). The topological polar surface area (TPSA) is 119 Å². The van der Waals surface area contributed by atoms with E-state index in [0.717, 1.165) is 4.72 Å². The van der Waals surface area contributed by atoms with Crippen molar-refractivity contribution in [2.24, 2.45) is 5.73 Å². The molecule has 1 aromatic rings. The normalized spacial score (nSPS) is 12.0. The second-order valence-corrected chi connectivity index (χ2v) is 5.56. The first-order valence-electron chi connectivity index (χ1n) is 5.39. The molecule has 1 heterocycles. The molecule has 21 heavy (non-hydrogen) atoms. The first-order chi connectivity index (χ1) is 9.53. The third-order valence-corrected chi connectivity index (χ3v) is 3.38. The molecule has 0 saturated carbocycles. The maximum Gasteiger partial charge on any atom is 0.516 e. The quantitative estimate of drug-likeness (QED) is 0.794. The predicted molar refractivity (Wildman–Crippen MR) is 64.2 cm³/mol. The number of nitrogens with one attached hydrogen (secondary N) is 1. The zero-order valence-electron chi connectivity index (χ0n) is 10.3. The number of pyridine rings is 1. The zero-order chi connectivity index (χ0) is 16.3. The van der Waals surface area contributed by atoms with E-state index >= 15 is 0 Å². The average molecular weight is 325 g/mol. The Kier molecular flexibility index (Phi) is 4.88. The molecule has 0 saturated heterocycles. The molecule has 11 heteroatoms. The van der Waals surface area contributed by atoms with Crippen molar-refractivity contribution in [1.82, 2.24) is 9.71 Å². The van der Waals surface area contributed by atoms with Gasteiger partial charge in [0.15, 0.2) is 0 Å². The molecule has 116 valence electrons. The summed E-state index contributed by atoms with van der Waals surface area (Å²) < 4.78 is 58.3. The number of carbonyl (C=O) groups is 2. The van der Waals surface area contributed by atoms with Gasteiger partial charge in [-0.2, -0.15) is 21.6 Å². The molecule has 0 fully saturated rings. The molecule has 7 nitrogen and oxygen atoms in total. The van der Waals surface area contributed by atoms with Crippen LogP contribution in [0.4, 0.5) is 13.2 Å². The maximum absolute atomic E-state index is 12.0. The van der Waals surface area contributed by atoms with Crippen LogP contribution in [0.1, 0.15) is 22.5 Å². The SMILES string of the molecule is NC(=O)c1ccc(CCC(=O)NS(=O)(=O)C(F)(F)F)cn1. The van der Waals surface area contributed by atoms with Crippen LogP contribution in [0.2, 0.25) is 0 Å². The Hall–Kier alpha value is -2.17. The number of amides is 2. The maximum atomic E-state index is 12.0. The van der Waals surface area contributed by atoms with Crippen LogP contribution in [0.15, 0.2) is 18.3 Å². The van der Waals surface area contributed by atoms with Gasteiger partial charge in [-0.25, -0.2) is 4.72 Å². The Morgan fingerprint density at radius 1 is 1.29 bits per heavy atom. The predicted octanol–water partition coefficient (Wildman–Crippen LogP) is 0.0789. The minimum Gasteiger partial charge on any atom is -0.364 e. The number of aromatic nitrogens is 1. The minimum atomic E-state index is -5.70. The summed E-state index contributed by atoms with van der Waals surface area (Å²) in [5.74, 6) is -2.05. The van der Waals surface area contributed by atoms with E-state index in [1.54, 1.807) is 0 Å². The van der Waals surface area contributed by atoms with Crippen molar-refractivity contribution < 1.29 is 31.2 Å². The van der Waals surface area contributed by atoms with Gasteiger partial charge < -0.3 is 5.73 Å². The third kappa shape index (κ3) is 4.70. The van der Waals surface area contributed by atoms with E-state index in [1.807, 2.05) is 0 Å². The number of nitrogens with zero attached hydrogens (tertiary/aromatic N) is 1. The average Bonchev–Trinajstić information content (AvgIpc) is 2.35. The van der Waals surface area contributed by atoms with Crippen LogP contribution < -0.4 is 10.5 Å². The first-order valence-corrected chi connectivity index (χ1v) is 6.88. The molecule has 0 atom stereocenters. The van der Waals surface area contributed by atoms with Gasteiger partial charge in [0.05, 0.1) is 0 Å². The molecule has 1 aromatic heterocycles. The Labute approximate surface area is 117 Å². The Morgan fingerprint density at radius 3 is 2.33 bits per heavy atom. The van der Waals surface area contributed by atoms with Gasteiger partial charge in [-0.05, 0) is 18.1 Å². The second-order valence-electron chi connectivity index (χ2n) is 3.89. The lowest BCUT2D eigenvalue weighted by Crippen LogP contribution is -2.40. The molecule has 0 aliphatic heterocycles. The number of rotatable bonds is 5. The molecule has 3 N–H and O–H groups in total. The second kappa shape index (κ2) is 6.08. The molecule has 0 unspecified atom stereocenters. The van der Waals surface area contributed by atoms with Crippen LogP contribution in [0.5, 0.6) is 0 Å². The highest BCUT2D eigenvalue weighted by atomic mass is 32.2. The van der Waals surface area contributed by atoms with E-state index in [0.29, 0.717) is 5.56 Å². The summed E-state index contributed by atoms with van der Waals surface area (Å²) in [5.41, 5.74) is -0.172. The summed E-state index contributed by atoms with van der Waals surface area (Å²) in [4.78, 5) is 25.6. The van der Waals surface area contributed by atoms with Gasteiger partial charge >= 0.3 is 15.5 Å². The van der Waals surface area contributed by atoms with Crippen molar-refractivity contribution in [3.63, 3.8) is 0 Å². The summed E-state index contributed by atoms with van der Waals surface area (Å²) >= 11 is 0. The highest BCUT2D eigenvalue weighted by Gasteiger charge is 2.46. The number of sulfonamides is 1. The van der Waals surface area contributed by atoms with Crippen LogP contribution in [0, 0.1) is 0 Å². The summed E-state index contributed by atoms with van der Waals surface area (Å²) in [7, 11) is -5.70. The summed E-state index contributed by atoms with van der Waals surface area (Å²) in [6, 6.07) is 2.68. The van der Waals surface area contributed by atoms with E-state index in [1.165, 1.54) is 18.3 Å². The van der Waals surface area contributed by atoms with Crippen molar-refractivity contribution in [1.29, 1.82) is 0 Å². The molecular formula is C10H10F3N3O4S. The van der Waals surface area contributed by atoms with E-state index in [4.69, 9.17) is 5.73 Å². The van der Waals surface area contributed by atoms with Crippen molar-refractivity contribution in [2.75, 3.05) is 0 Å². The summed E-state index contributed by atoms with van der Waals surface area (Å²) in [6.07, 6.45) is 0.670. The Bertz CT molecular complexity index is 641. The van der Waals surface area contributed by atoms with E-state index in [-0.39, 0.29) is 12.1 Å².